The summed E-state index contributed by atoms with van der Waals surface area (Å²) in [6.07, 6.45) is 5.40. The molecular formula is C25H27N5O4. The van der Waals surface area contributed by atoms with Gasteiger partial charge in [-0.1, -0.05) is 25.1 Å². The molecule has 0 saturated carbocycles. The molecule has 1 aliphatic rings. The van der Waals surface area contributed by atoms with E-state index in [-0.39, 0.29) is 28.8 Å². The van der Waals surface area contributed by atoms with Crippen molar-refractivity contribution in [3.05, 3.63) is 70.9 Å². The van der Waals surface area contributed by atoms with Crippen LogP contribution in [0, 0.1) is 5.41 Å². The average Bonchev–Trinajstić information content (AvgIpc) is 3.56. The number of aliphatic hydroxyl groups excluding tert-OH is 1. The molecule has 5 rings (SSSR count). The van der Waals surface area contributed by atoms with Crippen LogP contribution in [-0.4, -0.2) is 48.8 Å². The molecule has 1 aromatic carbocycles. The molecule has 176 valence electrons. The minimum atomic E-state index is -0.214. The highest BCUT2D eigenvalue weighted by molar-refractivity contribution is 6.19. The van der Waals surface area contributed by atoms with Gasteiger partial charge in [0.2, 0.25) is 0 Å². The summed E-state index contributed by atoms with van der Waals surface area (Å²) in [4.78, 5) is 29.3. The van der Waals surface area contributed by atoms with Crippen LogP contribution >= 0.6 is 0 Å². The number of carbonyl (C=O) groups is 1. The highest BCUT2D eigenvalue weighted by atomic mass is 16.3. The zero-order chi connectivity index (χ0) is 24.2. The lowest BCUT2D eigenvalue weighted by molar-refractivity contribution is -0.127. The van der Waals surface area contributed by atoms with E-state index in [1.807, 2.05) is 30.3 Å². The van der Waals surface area contributed by atoms with Gasteiger partial charge in [-0.3, -0.25) is 14.7 Å². The van der Waals surface area contributed by atoms with Gasteiger partial charge >= 0.3 is 0 Å². The molecule has 1 fully saturated rings. The number of hydrogen-bond donors (Lipinski definition) is 3. The highest BCUT2D eigenvalue weighted by Crippen LogP contribution is 2.27. The van der Waals surface area contributed by atoms with E-state index < -0.39 is 0 Å². The molecular weight excluding hydrogens is 434 g/mol. The number of nitrogens with one attached hydrogen (secondary N) is 2. The minimum absolute atomic E-state index is 0.107. The lowest BCUT2D eigenvalue weighted by Crippen LogP contribution is -2.37. The monoisotopic (exact) mass is 461 g/mol. The number of H-pyrrole nitrogens is 1. The summed E-state index contributed by atoms with van der Waals surface area (Å²) in [6, 6.07) is 13.1. The average molecular weight is 462 g/mol. The van der Waals surface area contributed by atoms with Crippen LogP contribution in [-0.2, 0) is 4.79 Å². The van der Waals surface area contributed by atoms with E-state index >= 15 is 0 Å². The fourth-order valence-electron chi connectivity index (χ4n) is 4.18. The quantitative estimate of drug-likeness (QED) is 0.237. The number of aliphatic hydroxyl groups is 1. The molecule has 0 aliphatic carbocycles. The Hall–Kier alpha value is -4.14. The van der Waals surface area contributed by atoms with Crippen molar-refractivity contribution in [2.75, 3.05) is 6.54 Å². The van der Waals surface area contributed by atoms with Gasteiger partial charge in [0.25, 0.3) is 11.5 Å². The summed E-state index contributed by atoms with van der Waals surface area (Å²) in [5.41, 5.74) is 2.26. The summed E-state index contributed by atoms with van der Waals surface area (Å²) >= 11 is 0. The van der Waals surface area contributed by atoms with Gasteiger partial charge in [0, 0.05) is 29.8 Å². The molecule has 9 nitrogen and oxygen atoms in total. The predicted molar refractivity (Wildman–Crippen MR) is 130 cm³/mol. The Balaban J connectivity index is 0.000000167. The largest absolute Gasteiger partial charge is 0.515 e. The van der Waals surface area contributed by atoms with Gasteiger partial charge in [0.05, 0.1) is 18.0 Å². The van der Waals surface area contributed by atoms with E-state index in [1.54, 1.807) is 21.7 Å². The number of para-hydroxylation sites is 1. The number of aromatic amines is 1. The topological polar surface area (TPSA) is 128 Å². The number of hydrogen-bond acceptors (Lipinski definition) is 6. The first-order chi connectivity index (χ1) is 16.4. The molecule has 9 heteroatoms. The maximum absolute atomic E-state index is 11.9. The zero-order valence-corrected chi connectivity index (χ0v) is 19.1. The van der Waals surface area contributed by atoms with Crippen molar-refractivity contribution in [2.24, 2.45) is 0 Å². The van der Waals surface area contributed by atoms with Crippen LogP contribution in [0.2, 0.25) is 0 Å². The molecule has 4 heterocycles. The van der Waals surface area contributed by atoms with Crippen molar-refractivity contribution in [3.63, 3.8) is 0 Å². The van der Waals surface area contributed by atoms with Crippen LogP contribution in [0.5, 0.6) is 0 Å². The Labute approximate surface area is 195 Å². The molecule has 1 saturated heterocycles. The normalized spacial score (nSPS) is 16.0. The smallest absolute Gasteiger partial charge is 0.263 e. The van der Waals surface area contributed by atoms with Crippen LogP contribution in [0.3, 0.4) is 0 Å². The summed E-state index contributed by atoms with van der Waals surface area (Å²) in [5.74, 6) is 0.463. The van der Waals surface area contributed by atoms with Gasteiger partial charge < -0.3 is 19.8 Å². The first-order valence-corrected chi connectivity index (χ1v) is 11.2. The van der Waals surface area contributed by atoms with E-state index in [1.165, 1.54) is 13.0 Å². The van der Waals surface area contributed by atoms with Crippen LogP contribution in [0.15, 0.2) is 69.7 Å². The van der Waals surface area contributed by atoms with Crippen molar-refractivity contribution < 1.29 is 14.3 Å². The van der Waals surface area contributed by atoms with Gasteiger partial charge in [0.1, 0.15) is 11.3 Å². The number of benzene rings is 1. The molecule has 3 aromatic heterocycles. The van der Waals surface area contributed by atoms with Crippen molar-refractivity contribution >= 4 is 28.2 Å². The molecule has 34 heavy (non-hydrogen) atoms. The second-order valence-electron chi connectivity index (χ2n) is 8.17. The molecule has 1 atom stereocenters. The van der Waals surface area contributed by atoms with E-state index in [2.05, 4.69) is 17.0 Å². The van der Waals surface area contributed by atoms with Gasteiger partial charge in [-0.2, -0.15) is 0 Å². The lowest BCUT2D eigenvalue weighted by atomic mass is 10.1. The number of likely N-dealkylation sites (tertiary alicyclic amines) is 1. The number of rotatable bonds is 4. The Morgan fingerprint density at radius 3 is 2.82 bits per heavy atom. The van der Waals surface area contributed by atoms with Crippen LogP contribution in [0.1, 0.15) is 33.1 Å². The first-order valence-electron chi connectivity index (χ1n) is 11.2. The maximum atomic E-state index is 11.9. The zero-order valence-electron chi connectivity index (χ0n) is 19.1. The van der Waals surface area contributed by atoms with E-state index in [0.717, 1.165) is 48.7 Å². The maximum Gasteiger partial charge on any atom is 0.263 e. The lowest BCUT2D eigenvalue weighted by Gasteiger charge is -2.24. The first kappa shape index (κ1) is 23.0. The van der Waals surface area contributed by atoms with Crippen molar-refractivity contribution in [1.29, 1.82) is 5.41 Å². The van der Waals surface area contributed by atoms with E-state index in [0.29, 0.717) is 11.4 Å². The van der Waals surface area contributed by atoms with Crippen molar-refractivity contribution in [1.82, 2.24) is 19.5 Å². The fraction of sp³-hybridized carbons (Fsp3) is 0.280. The van der Waals surface area contributed by atoms with Crippen LogP contribution in [0.4, 0.5) is 0 Å². The molecule has 0 unspecified atom stereocenters. The van der Waals surface area contributed by atoms with Gasteiger partial charge in [-0.15, -0.1) is 0 Å². The number of fused-ring (bicyclic) bond motifs is 2. The fourth-order valence-corrected chi connectivity index (χ4v) is 4.18. The number of amides is 1. The summed E-state index contributed by atoms with van der Waals surface area (Å²) in [5, 5.41) is 20.1. The Morgan fingerprint density at radius 2 is 2.12 bits per heavy atom. The summed E-state index contributed by atoms with van der Waals surface area (Å²) in [6.45, 7) is 4.30. The second-order valence-corrected chi connectivity index (χ2v) is 8.17. The highest BCUT2D eigenvalue weighted by Gasteiger charge is 2.29. The Bertz CT molecular complexity index is 1390. The molecule has 1 amide bonds. The van der Waals surface area contributed by atoms with Gasteiger partial charge in [0.15, 0.2) is 11.4 Å². The number of imidazole rings is 1. The molecule has 0 radical (unpaired) electrons. The Kier molecular flexibility index (Phi) is 6.62. The second kappa shape index (κ2) is 9.78. The van der Waals surface area contributed by atoms with Crippen molar-refractivity contribution in [2.45, 2.75) is 39.2 Å². The summed E-state index contributed by atoms with van der Waals surface area (Å²) < 4.78 is 7.40. The molecule has 0 spiro atoms. The summed E-state index contributed by atoms with van der Waals surface area (Å²) in [7, 11) is 0. The van der Waals surface area contributed by atoms with Crippen molar-refractivity contribution in [3.8, 4) is 11.5 Å². The van der Waals surface area contributed by atoms with E-state index in [4.69, 9.17) is 14.9 Å². The molecule has 1 aliphatic heterocycles. The third-order valence-electron chi connectivity index (χ3n) is 5.95. The van der Waals surface area contributed by atoms with Gasteiger partial charge in [-0.05, 0) is 44.4 Å². The van der Waals surface area contributed by atoms with Gasteiger partial charge in [-0.25, -0.2) is 9.50 Å². The molecule has 3 N–H and O–H groups in total. The predicted octanol–water partition coefficient (Wildman–Crippen LogP) is 4.30. The molecule has 4 aromatic rings. The number of carbonyl (C=O) groups excluding carboxylic acids is 1. The third-order valence-corrected chi connectivity index (χ3v) is 5.95. The third kappa shape index (κ3) is 4.50. The molecule has 0 bridgehead atoms. The SMILES string of the molecule is CC[C@@H]1CCCN1C(=O)/C(=C/O)C(C)=N.O=c1ccc2ncc(-c3cc4ccccc4o3)n2[nH]1. The van der Waals surface area contributed by atoms with E-state index in [9.17, 15) is 9.59 Å². The van der Waals surface area contributed by atoms with Crippen LogP contribution < -0.4 is 5.56 Å². The standard InChI is InChI=1S/C14H9N3O2.C11H18N2O2/c18-14-6-5-13-15-8-10(17(13)16-14)12-7-9-3-1-2-4-11(9)19-12;1-3-9-5-4-6-13(9)11(15)10(7-14)8(2)12/h1-8H,(H,16,18);7,9,12,14H,3-6H2,1-2H3/b;10-7+,12-8?/t;9-/m.1/s1. The number of aromatic nitrogens is 3. The minimum Gasteiger partial charge on any atom is -0.515 e. The number of nitrogens with zero attached hydrogens (tertiary/aromatic N) is 3. The Morgan fingerprint density at radius 1 is 1.32 bits per heavy atom. The number of furan rings is 1. The van der Waals surface area contributed by atoms with Crippen LogP contribution in [0.25, 0.3) is 28.1 Å².